The van der Waals surface area contributed by atoms with Crippen LogP contribution in [-0.2, 0) is 20.6 Å². The van der Waals surface area contributed by atoms with E-state index in [0.717, 1.165) is 30.7 Å². The number of aryl methyl sites for hydroxylation is 1. The van der Waals surface area contributed by atoms with Crippen LogP contribution in [0.2, 0.25) is 0 Å². The van der Waals surface area contributed by atoms with E-state index in [2.05, 4.69) is 21.9 Å². The number of fused-ring (bicyclic) bond motifs is 1. The average Bonchev–Trinajstić information content (AvgIpc) is 3.15. The van der Waals surface area contributed by atoms with Crippen molar-refractivity contribution in [3.8, 4) is 0 Å². The maximum atomic E-state index is 12.9. The zero-order chi connectivity index (χ0) is 21.4. The lowest BCUT2D eigenvalue weighted by atomic mass is 10.2. The fourth-order valence-corrected chi connectivity index (χ4v) is 3.94. The number of nitrogens with zero attached hydrogens (tertiary/aromatic N) is 6. The third-order valence-electron chi connectivity index (χ3n) is 5.57. The Hall–Kier alpha value is -3.00. The van der Waals surface area contributed by atoms with Crippen LogP contribution in [0.5, 0.6) is 0 Å². The summed E-state index contributed by atoms with van der Waals surface area (Å²) in [7, 11) is 3.13. The molecular formula is C21H25ClN6O2. The molecule has 0 N–H and O–H groups in total. The molecule has 0 unspecified atom stereocenters. The summed E-state index contributed by atoms with van der Waals surface area (Å²) in [5.41, 5.74) is 1.26. The molecule has 0 amide bonds. The Morgan fingerprint density at radius 3 is 2.30 bits per heavy atom. The minimum atomic E-state index is -0.387. The number of aromatic nitrogens is 4. The number of rotatable bonds is 4. The highest BCUT2D eigenvalue weighted by Gasteiger charge is 2.25. The van der Waals surface area contributed by atoms with E-state index < -0.39 is 0 Å². The Morgan fingerprint density at radius 1 is 1.03 bits per heavy atom. The van der Waals surface area contributed by atoms with E-state index in [4.69, 9.17) is 16.6 Å². The minimum Gasteiger partial charge on any atom is -0.368 e. The minimum absolute atomic E-state index is 0.351. The third kappa shape index (κ3) is 3.52. The molecule has 0 atom stereocenters. The van der Waals surface area contributed by atoms with Gasteiger partial charge in [0.15, 0.2) is 11.2 Å². The molecule has 8 nitrogen and oxygen atoms in total. The van der Waals surface area contributed by atoms with Crippen LogP contribution < -0.4 is 21.0 Å². The standard InChI is InChI=1S/C21H25ClN6O2/c1-15(22)9-10-28-17-18(24(2)21(30)25(3)19(17)29)23-20(28)27-13-11-26(12-14-27)16-7-5-4-6-8-16/h4-9H,10-14H2,1-3H3/b15-9+. The first kappa shape index (κ1) is 20.3. The summed E-state index contributed by atoms with van der Waals surface area (Å²) in [5.74, 6) is 0.685. The number of halogens is 1. The molecule has 30 heavy (non-hydrogen) atoms. The molecule has 1 saturated heterocycles. The number of benzene rings is 1. The highest BCUT2D eigenvalue weighted by molar-refractivity contribution is 6.29. The Morgan fingerprint density at radius 2 is 1.67 bits per heavy atom. The second-order valence-corrected chi connectivity index (χ2v) is 8.10. The molecule has 158 valence electrons. The van der Waals surface area contributed by atoms with Crippen molar-refractivity contribution >= 4 is 34.4 Å². The first-order valence-electron chi connectivity index (χ1n) is 9.92. The molecule has 1 fully saturated rings. The topological polar surface area (TPSA) is 68.3 Å². The number of hydrogen-bond donors (Lipinski definition) is 0. The van der Waals surface area contributed by atoms with Gasteiger partial charge in [0.25, 0.3) is 5.56 Å². The quantitative estimate of drug-likeness (QED) is 0.635. The molecule has 0 saturated carbocycles. The van der Waals surface area contributed by atoms with Crippen LogP contribution in [0.15, 0.2) is 51.0 Å². The first-order valence-corrected chi connectivity index (χ1v) is 10.3. The van der Waals surface area contributed by atoms with Crippen LogP contribution in [-0.4, -0.2) is 44.9 Å². The van der Waals surface area contributed by atoms with Crippen molar-refractivity contribution in [2.24, 2.45) is 14.1 Å². The normalized spacial score (nSPS) is 15.3. The monoisotopic (exact) mass is 428 g/mol. The van der Waals surface area contributed by atoms with Gasteiger partial charge >= 0.3 is 5.69 Å². The number of hydrogen-bond acceptors (Lipinski definition) is 5. The van der Waals surface area contributed by atoms with Gasteiger partial charge in [-0.1, -0.05) is 35.9 Å². The molecule has 2 aromatic heterocycles. The molecule has 3 aromatic rings. The van der Waals surface area contributed by atoms with E-state index >= 15 is 0 Å². The lowest BCUT2D eigenvalue weighted by Crippen LogP contribution is -2.47. The van der Waals surface area contributed by atoms with E-state index in [0.29, 0.717) is 28.7 Å². The van der Waals surface area contributed by atoms with Crippen LogP contribution in [0.3, 0.4) is 0 Å². The van der Waals surface area contributed by atoms with Crippen molar-refractivity contribution in [3.05, 3.63) is 62.3 Å². The lowest BCUT2D eigenvalue weighted by molar-refractivity contribution is 0.626. The van der Waals surface area contributed by atoms with Crippen LogP contribution in [0, 0.1) is 0 Å². The van der Waals surface area contributed by atoms with Crippen molar-refractivity contribution < 1.29 is 0 Å². The predicted molar refractivity (Wildman–Crippen MR) is 121 cm³/mol. The van der Waals surface area contributed by atoms with Crippen LogP contribution in [0.4, 0.5) is 11.6 Å². The molecule has 0 radical (unpaired) electrons. The summed E-state index contributed by atoms with van der Waals surface area (Å²) in [4.78, 5) is 34.5. The third-order valence-corrected chi connectivity index (χ3v) is 5.72. The Labute approximate surface area is 179 Å². The smallest absolute Gasteiger partial charge is 0.332 e. The van der Waals surface area contributed by atoms with Gasteiger partial charge in [-0.3, -0.25) is 13.9 Å². The molecule has 4 rings (SSSR count). The Balaban J connectivity index is 1.75. The van der Waals surface area contributed by atoms with E-state index in [-0.39, 0.29) is 11.2 Å². The maximum absolute atomic E-state index is 12.9. The molecule has 9 heteroatoms. The highest BCUT2D eigenvalue weighted by Crippen LogP contribution is 2.23. The Bertz CT molecular complexity index is 1210. The molecule has 3 heterocycles. The molecule has 1 aliphatic heterocycles. The molecule has 0 aliphatic carbocycles. The van der Waals surface area contributed by atoms with Crippen LogP contribution in [0.25, 0.3) is 11.2 Å². The van der Waals surface area contributed by atoms with E-state index in [1.807, 2.05) is 28.8 Å². The van der Waals surface area contributed by atoms with Gasteiger partial charge in [0.2, 0.25) is 5.95 Å². The summed E-state index contributed by atoms with van der Waals surface area (Å²) in [6.45, 7) is 5.41. The van der Waals surface area contributed by atoms with Crippen LogP contribution in [0.1, 0.15) is 6.92 Å². The number of anilines is 2. The first-order chi connectivity index (χ1) is 14.4. The SMILES string of the molecule is C/C(Cl)=C\Cn1c(N2CCN(c3ccccc3)CC2)nc2c1c(=O)n(C)c(=O)n2C. The number of allylic oxidation sites excluding steroid dienone is 2. The number of imidazole rings is 1. The second kappa shape index (κ2) is 8.02. The van der Waals surface area contributed by atoms with Crippen molar-refractivity contribution in [2.75, 3.05) is 36.0 Å². The van der Waals surface area contributed by atoms with E-state index in [9.17, 15) is 9.59 Å². The Kier molecular flexibility index (Phi) is 5.42. The van der Waals surface area contributed by atoms with Gasteiger partial charge in [0, 0.05) is 57.5 Å². The van der Waals surface area contributed by atoms with Crippen molar-refractivity contribution in [1.82, 2.24) is 18.7 Å². The zero-order valence-corrected chi connectivity index (χ0v) is 18.1. The number of piperazine rings is 1. The second-order valence-electron chi connectivity index (χ2n) is 7.50. The van der Waals surface area contributed by atoms with Crippen molar-refractivity contribution in [3.63, 3.8) is 0 Å². The average molecular weight is 429 g/mol. The summed E-state index contributed by atoms with van der Waals surface area (Å²) >= 11 is 6.07. The van der Waals surface area contributed by atoms with Crippen molar-refractivity contribution in [1.29, 1.82) is 0 Å². The number of para-hydroxylation sites is 1. The van der Waals surface area contributed by atoms with E-state index in [1.54, 1.807) is 14.0 Å². The van der Waals surface area contributed by atoms with Crippen molar-refractivity contribution in [2.45, 2.75) is 13.5 Å². The zero-order valence-electron chi connectivity index (χ0n) is 17.4. The maximum Gasteiger partial charge on any atom is 0.332 e. The summed E-state index contributed by atoms with van der Waals surface area (Å²) < 4.78 is 4.41. The van der Waals surface area contributed by atoms with Gasteiger partial charge < -0.3 is 14.4 Å². The van der Waals surface area contributed by atoms with Crippen LogP contribution >= 0.6 is 11.6 Å². The molecule has 1 aliphatic rings. The van der Waals surface area contributed by atoms with Gasteiger partial charge in [0.1, 0.15) is 0 Å². The van der Waals surface area contributed by atoms with Gasteiger partial charge in [-0.2, -0.15) is 4.98 Å². The van der Waals surface area contributed by atoms with Gasteiger partial charge in [0.05, 0.1) is 0 Å². The summed E-state index contributed by atoms with van der Waals surface area (Å²) in [5, 5.41) is 0.637. The molecule has 0 spiro atoms. The van der Waals surface area contributed by atoms with Gasteiger partial charge in [-0.15, -0.1) is 0 Å². The fraction of sp³-hybridized carbons (Fsp3) is 0.381. The van der Waals surface area contributed by atoms with Gasteiger partial charge in [-0.05, 0) is 19.1 Å². The lowest BCUT2D eigenvalue weighted by Gasteiger charge is -2.36. The largest absolute Gasteiger partial charge is 0.368 e. The van der Waals surface area contributed by atoms with E-state index in [1.165, 1.54) is 17.3 Å². The highest BCUT2D eigenvalue weighted by atomic mass is 35.5. The molecular weight excluding hydrogens is 404 g/mol. The molecule has 1 aromatic carbocycles. The summed E-state index contributed by atoms with van der Waals surface area (Å²) in [6.07, 6.45) is 1.84. The predicted octanol–water partition coefficient (Wildman–Crippen LogP) is 1.90. The fourth-order valence-electron chi connectivity index (χ4n) is 3.87. The summed E-state index contributed by atoms with van der Waals surface area (Å²) in [6, 6.07) is 10.3. The van der Waals surface area contributed by atoms with Gasteiger partial charge in [-0.25, -0.2) is 4.79 Å². The molecule has 0 bridgehead atoms.